The molecule has 3 aromatic rings. The highest BCUT2D eigenvalue weighted by Crippen LogP contribution is 2.34. The number of hydrogen-bond acceptors (Lipinski definition) is 6. The van der Waals surface area contributed by atoms with E-state index in [1.54, 1.807) is 32.2 Å². The Labute approximate surface area is 232 Å². The summed E-state index contributed by atoms with van der Waals surface area (Å²) in [4.78, 5) is 2.26. The highest BCUT2D eigenvalue weighted by atomic mass is 32.2. The topological polar surface area (TPSA) is 79.3 Å². The standard InChI is InChI=1S/C31H36N2O5S/c1-23-19-33(24(2)22-34)39(35,36)31-17-15-25(14-16-27-12-8-9-13-28(27)37-4)18-29(31)38-30(23)21-32(3)20-26-10-6-5-7-11-26/h5-13,15,17-18,23-24,30,34H,19-22H2,1-4H3/t23-,24-,30+/m0/s1. The summed E-state index contributed by atoms with van der Waals surface area (Å²) in [6, 6.07) is 22.0. The molecule has 39 heavy (non-hydrogen) atoms. The average molecular weight is 549 g/mol. The van der Waals surface area contributed by atoms with Crippen LogP contribution in [0.25, 0.3) is 0 Å². The predicted molar refractivity (Wildman–Crippen MR) is 152 cm³/mol. The second kappa shape index (κ2) is 12.7. The molecule has 1 N–H and O–H groups in total. The van der Waals surface area contributed by atoms with Crippen molar-refractivity contribution in [3.63, 3.8) is 0 Å². The first-order chi connectivity index (χ1) is 18.7. The Morgan fingerprint density at radius 2 is 1.82 bits per heavy atom. The van der Waals surface area contributed by atoms with Crippen molar-refractivity contribution in [1.29, 1.82) is 0 Å². The number of fused-ring (bicyclic) bond motifs is 1. The van der Waals surface area contributed by atoms with Gasteiger partial charge < -0.3 is 14.6 Å². The van der Waals surface area contributed by atoms with Gasteiger partial charge in [0.15, 0.2) is 0 Å². The summed E-state index contributed by atoms with van der Waals surface area (Å²) in [5.41, 5.74) is 2.55. The third kappa shape index (κ3) is 6.81. The van der Waals surface area contributed by atoms with Crippen LogP contribution in [0.4, 0.5) is 0 Å². The van der Waals surface area contributed by atoms with Crippen LogP contribution in [-0.2, 0) is 16.6 Å². The first-order valence-electron chi connectivity index (χ1n) is 13.0. The van der Waals surface area contributed by atoms with Crippen molar-refractivity contribution in [3.05, 3.63) is 89.5 Å². The molecule has 8 heteroatoms. The van der Waals surface area contributed by atoms with E-state index >= 15 is 0 Å². The number of aliphatic hydroxyl groups is 1. The Bertz CT molecular complexity index is 1430. The number of aliphatic hydroxyl groups excluding tert-OH is 1. The Balaban J connectivity index is 1.71. The Kier molecular flexibility index (Phi) is 9.31. The number of methoxy groups -OCH3 is 1. The number of ether oxygens (including phenoxy) is 2. The van der Waals surface area contributed by atoms with Gasteiger partial charge in [0.2, 0.25) is 10.0 Å². The van der Waals surface area contributed by atoms with Gasteiger partial charge >= 0.3 is 0 Å². The molecule has 0 spiro atoms. The first-order valence-corrected chi connectivity index (χ1v) is 14.5. The molecule has 0 radical (unpaired) electrons. The molecule has 1 aliphatic rings. The maximum Gasteiger partial charge on any atom is 0.247 e. The molecule has 0 fully saturated rings. The van der Waals surface area contributed by atoms with Crippen LogP contribution >= 0.6 is 0 Å². The van der Waals surface area contributed by atoms with Crippen LogP contribution in [0, 0.1) is 17.8 Å². The highest BCUT2D eigenvalue weighted by molar-refractivity contribution is 7.89. The van der Waals surface area contributed by atoms with Crippen molar-refractivity contribution >= 4 is 10.0 Å². The van der Waals surface area contributed by atoms with Crippen LogP contribution in [-0.4, -0.2) is 68.7 Å². The SMILES string of the molecule is COc1ccccc1C#Cc1ccc2c(c1)O[C@H](CN(C)Cc1ccccc1)[C@@H](C)CN([C@@H](C)CO)S2(=O)=O. The van der Waals surface area contributed by atoms with Gasteiger partial charge in [0, 0.05) is 37.2 Å². The van der Waals surface area contributed by atoms with Gasteiger partial charge in [-0.05, 0) is 49.9 Å². The van der Waals surface area contributed by atoms with Crippen LogP contribution in [0.5, 0.6) is 11.5 Å². The van der Waals surface area contributed by atoms with E-state index < -0.39 is 16.1 Å². The lowest BCUT2D eigenvalue weighted by atomic mass is 10.0. The van der Waals surface area contributed by atoms with E-state index in [2.05, 4.69) is 28.9 Å². The molecule has 0 aromatic heterocycles. The number of benzene rings is 3. The van der Waals surface area contributed by atoms with Gasteiger partial charge in [-0.25, -0.2) is 8.42 Å². The van der Waals surface area contributed by atoms with Crippen molar-refractivity contribution in [2.24, 2.45) is 5.92 Å². The van der Waals surface area contributed by atoms with Gasteiger partial charge in [-0.3, -0.25) is 4.90 Å². The summed E-state index contributed by atoms with van der Waals surface area (Å²) in [6.07, 6.45) is -0.293. The van der Waals surface area contributed by atoms with Crippen molar-refractivity contribution < 1.29 is 23.0 Å². The van der Waals surface area contributed by atoms with E-state index in [0.717, 1.165) is 12.1 Å². The second-order valence-corrected chi connectivity index (χ2v) is 11.9. The quantitative estimate of drug-likeness (QED) is 0.450. The molecule has 1 aliphatic heterocycles. The van der Waals surface area contributed by atoms with Crippen LogP contribution < -0.4 is 9.47 Å². The molecule has 1 heterocycles. The molecule has 3 atom stereocenters. The lowest BCUT2D eigenvalue weighted by Crippen LogP contribution is -2.49. The molecule has 0 amide bonds. The zero-order valence-electron chi connectivity index (χ0n) is 22.9. The van der Waals surface area contributed by atoms with Crippen LogP contribution in [0.3, 0.4) is 0 Å². The molecule has 0 bridgehead atoms. The molecular formula is C31H36N2O5S. The fourth-order valence-corrected chi connectivity index (χ4v) is 6.50. The third-order valence-electron chi connectivity index (χ3n) is 6.90. The van der Waals surface area contributed by atoms with Gasteiger partial charge in [0.05, 0.1) is 19.3 Å². The van der Waals surface area contributed by atoms with E-state index in [0.29, 0.717) is 17.9 Å². The number of hydrogen-bond donors (Lipinski definition) is 1. The van der Waals surface area contributed by atoms with E-state index in [1.165, 1.54) is 9.87 Å². The Hall–Kier alpha value is -3.35. The van der Waals surface area contributed by atoms with E-state index in [-0.39, 0.29) is 35.8 Å². The van der Waals surface area contributed by atoms with Gasteiger partial charge in [-0.15, -0.1) is 0 Å². The molecule has 206 valence electrons. The average Bonchev–Trinajstić information content (AvgIpc) is 2.94. The molecule has 0 saturated carbocycles. The maximum atomic E-state index is 13.7. The largest absolute Gasteiger partial charge is 0.495 e. The van der Waals surface area contributed by atoms with Crippen LogP contribution in [0.1, 0.15) is 30.5 Å². The van der Waals surface area contributed by atoms with Crippen LogP contribution in [0.2, 0.25) is 0 Å². The molecule has 3 aromatic carbocycles. The zero-order valence-corrected chi connectivity index (χ0v) is 23.7. The van der Waals surface area contributed by atoms with E-state index in [4.69, 9.17) is 9.47 Å². The Morgan fingerprint density at radius 3 is 2.54 bits per heavy atom. The monoisotopic (exact) mass is 548 g/mol. The minimum Gasteiger partial charge on any atom is -0.495 e. The zero-order chi connectivity index (χ0) is 28.0. The predicted octanol–water partition coefficient (Wildman–Crippen LogP) is 4.00. The molecule has 0 saturated heterocycles. The van der Waals surface area contributed by atoms with Crippen molar-refractivity contribution in [2.75, 3.05) is 33.9 Å². The van der Waals surface area contributed by atoms with E-state index in [1.807, 2.05) is 56.4 Å². The fraction of sp³-hybridized carbons (Fsp3) is 0.355. The summed E-state index contributed by atoms with van der Waals surface area (Å²) >= 11 is 0. The summed E-state index contributed by atoms with van der Waals surface area (Å²) in [7, 11) is -0.288. The van der Waals surface area contributed by atoms with Gasteiger partial charge in [0.25, 0.3) is 0 Å². The number of rotatable bonds is 7. The number of nitrogens with zero attached hydrogens (tertiary/aromatic N) is 2. The van der Waals surface area contributed by atoms with Crippen molar-refractivity contribution in [1.82, 2.24) is 9.21 Å². The van der Waals surface area contributed by atoms with Crippen molar-refractivity contribution in [3.8, 4) is 23.3 Å². The molecule has 0 aliphatic carbocycles. The minimum atomic E-state index is -3.92. The summed E-state index contributed by atoms with van der Waals surface area (Å²) < 4.78 is 40.8. The fourth-order valence-electron chi connectivity index (χ4n) is 4.68. The third-order valence-corrected chi connectivity index (χ3v) is 8.92. The lowest BCUT2D eigenvalue weighted by Gasteiger charge is -2.37. The summed E-state index contributed by atoms with van der Waals surface area (Å²) in [6.45, 7) is 5.00. The summed E-state index contributed by atoms with van der Waals surface area (Å²) in [5.74, 6) is 7.04. The van der Waals surface area contributed by atoms with Crippen molar-refractivity contribution in [2.45, 2.75) is 37.4 Å². The maximum absolute atomic E-state index is 13.7. The minimum absolute atomic E-state index is 0.0771. The molecular weight excluding hydrogens is 512 g/mol. The molecule has 4 rings (SSSR count). The second-order valence-electron chi connectivity index (χ2n) is 10.0. The highest BCUT2D eigenvalue weighted by Gasteiger charge is 2.38. The summed E-state index contributed by atoms with van der Waals surface area (Å²) in [5, 5.41) is 9.88. The van der Waals surface area contributed by atoms with Gasteiger partial charge in [0.1, 0.15) is 22.5 Å². The first kappa shape index (κ1) is 28.7. The van der Waals surface area contributed by atoms with Gasteiger partial charge in [-0.1, -0.05) is 61.2 Å². The number of sulfonamides is 1. The van der Waals surface area contributed by atoms with E-state index in [9.17, 15) is 13.5 Å². The lowest BCUT2D eigenvalue weighted by molar-refractivity contribution is 0.0733. The van der Waals surface area contributed by atoms with Crippen LogP contribution in [0.15, 0.2) is 77.7 Å². The molecule has 0 unspecified atom stereocenters. The molecule has 7 nitrogen and oxygen atoms in total. The Morgan fingerprint density at radius 1 is 1.10 bits per heavy atom. The number of likely N-dealkylation sites (N-methyl/N-ethyl adjacent to an activating group) is 1. The normalized spacial score (nSPS) is 19.5. The number of para-hydroxylation sites is 1. The van der Waals surface area contributed by atoms with Gasteiger partial charge in [-0.2, -0.15) is 4.31 Å². The smallest absolute Gasteiger partial charge is 0.247 e.